The second kappa shape index (κ2) is 5.78. The van der Waals surface area contributed by atoms with Gasteiger partial charge in [0.05, 0.1) is 0 Å². The molecular formula is C10H15N7S. The van der Waals surface area contributed by atoms with E-state index >= 15 is 0 Å². The van der Waals surface area contributed by atoms with Gasteiger partial charge in [-0.15, -0.1) is 10.2 Å². The Hall–Kier alpha value is -1.67. The highest BCUT2D eigenvalue weighted by Gasteiger charge is 2.08. The summed E-state index contributed by atoms with van der Waals surface area (Å²) in [6.45, 7) is 2.08. The van der Waals surface area contributed by atoms with Crippen molar-refractivity contribution in [2.45, 2.75) is 29.9 Å². The molecule has 3 N–H and O–H groups in total. The molecule has 0 atom stereocenters. The summed E-state index contributed by atoms with van der Waals surface area (Å²) < 4.78 is 1.84. The molecule has 2 heterocycles. The van der Waals surface area contributed by atoms with Crippen molar-refractivity contribution in [2.24, 2.45) is 12.9 Å². The Bertz CT molecular complexity index is 525. The number of anilines is 1. The van der Waals surface area contributed by atoms with Gasteiger partial charge in [0, 0.05) is 19.5 Å². The summed E-state index contributed by atoms with van der Waals surface area (Å²) in [4.78, 5) is 8.75. The first-order valence-electron chi connectivity index (χ1n) is 5.59. The van der Waals surface area contributed by atoms with Gasteiger partial charge in [-0.1, -0.05) is 6.92 Å². The smallest absolute Gasteiger partial charge is 0.197 e. The van der Waals surface area contributed by atoms with Crippen molar-refractivity contribution in [3.05, 3.63) is 18.2 Å². The number of nitrogens with one attached hydrogen (secondary N) is 1. The lowest BCUT2D eigenvalue weighted by Gasteiger charge is -2.06. The number of hydrogen-bond donors (Lipinski definition) is 2. The summed E-state index contributed by atoms with van der Waals surface area (Å²) in [5, 5.41) is 9.41. The summed E-state index contributed by atoms with van der Waals surface area (Å²) in [7, 11) is 1.89. The highest BCUT2D eigenvalue weighted by Crippen LogP contribution is 2.25. The second-order valence-corrected chi connectivity index (χ2v) is 4.72. The van der Waals surface area contributed by atoms with Crippen LogP contribution in [0.25, 0.3) is 0 Å². The average molecular weight is 265 g/mol. The van der Waals surface area contributed by atoms with Crippen LogP contribution < -0.4 is 11.3 Å². The molecule has 0 saturated heterocycles. The molecule has 0 aliphatic rings. The second-order valence-electron chi connectivity index (χ2n) is 3.73. The molecule has 96 valence electrons. The van der Waals surface area contributed by atoms with Crippen LogP contribution in [0.5, 0.6) is 0 Å². The van der Waals surface area contributed by atoms with Crippen molar-refractivity contribution >= 4 is 17.6 Å². The summed E-state index contributed by atoms with van der Waals surface area (Å²) >= 11 is 1.43. The summed E-state index contributed by atoms with van der Waals surface area (Å²) in [5.74, 6) is 6.79. The molecule has 2 aromatic heterocycles. The van der Waals surface area contributed by atoms with Crippen LogP contribution in [0, 0.1) is 0 Å². The van der Waals surface area contributed by atoms with E-state index in [2.05, 4.69) is 32.5 Å². The summed E-state index contributed by atoms with van der Waals surface area (Å²) in [5.41, 5.74) is 2.55. The third kappa shape index (κ3) is 2.96. The largest absolute Gasteiger partial charge is 0.311 e. The lowest BCUT2D eigenvalue weighted by molar-refractivity contribution is 0.780. The minimum Gasteiger partial charge on any atom is -0.311 e. The molecule has 18 heavy (non-hydrogen) atoms. The van der Waals surface area contributed by atoms with Crippen LogP contribution in [-0.2, 0) is 13.5 Å². The first-order chi connectivity index (χ1) is 8.72. The lowest BCUT2D eigenvalue weighted by atomic mass is 10.3. The van der Waals surface area contributed by atoms with Crippen molar-refractivity contribution in [2.75, 3.05) is 5.43 Å². The van der Waals surface area contributed by atoms with E-state index in [1.54, 1.807) is 12.4 Å². The van der Waals surface area contributed by atoms with Crippen LogP contribution in [-0.4, -0.2) is 24.7 Å². The predicted octanol–water partition coefficient (Wildman–Crippen LogP) is 0.994. The van der Waals surface area contributed by atoms with Crippen molar-refractivity contribution in [1.82, 2.24) is 24.7 Å². The monoisotopic (exact) mass is 265 g/mol. The Morgan fingerprint density at radius 1 is 1.44 bits per heavy atom. The predicted molar refractivity (Wildman–Crippen MR) is 69.0 cm³/mol. The number of nitrogen functional groups attached to an aromatic ring is 1. The number of aromatic nitrogens is 5. The highest BCUT2D eigenvalue weighted by molar-refractivity contribution is 7.99. The maximum atomic E-state index is 5.40. The quantitative estimate of drug-likeness (QED) is 0.473. The minimum absolute atomic E-state index is 0.609. The van der Waals surface area contributed by atoms with Gasteiger partial charge in [0.2, 0.25) is 0 Å². The van der Waals surface area contributed by atoms with Crippen LogP contribution in [0.2, 0.25) is 0 Å². The molecule has 0 saturated carbocycles. The Morgan fingerprint density at radius 3 is 2.89 bits per heavy atom. The van der Waals surface area contributed by atoms with Gasteiger partial charge in [-0.25, -0.2) is 15.8 Å². The fourth-order valence-electron chi connectivity index (χ4n) is 1.39. The standard InChI is InChI=1S/C10H15N7S/c1-3-4-7-13-8(15-11)5-9(14-7)18-10-16-12-6-17(10)2/h5-6H,3-4,11H2,1-2H3,(H,13,14,15). The SMILES string of the molecule is CCCc1nc(NN)cc(Sc2nncn2C)n1. The minimum atomic E-state index is 0.609. The Labute approximate surface area is 109 Å². The molecule has 0 aliphatic heterocycles. The highest BCUT2D eigenvalue weighted by atomic mass is 32.2. The van der Waals surface area contributed by atoms with Crippen molar-refractivity contribution < 1.29 is 0 Å². The first kappa shape index (κ1) is 12.8. The molecule has 0 fully saturated rings. The third-order valence-corrected chi connectivity index (χ3v) is 3.21. The molecule has 8 heteroatoms. The summed E-state index contributed by atoms with van der Waals surface area (Å²) in [6.07, 6.45) is 3.46. The van der Waals surface area contributed by atoms with Gasteiger partial charge in [-0.05, 0) is 18.2 Å². The van der Waals surface area contributed by atoms with E-state index < -0.39 is 0 Å². The number of rotatable bonds is 5. The molecule has 0 bridgehead atoms. The zero-order chi connectivity index (χ0) is 13.0. The van der Waals surface area contributed by atoms with Gasteiger partial charge < -0.3 is 9.99 Å². The molecule has 0 spiro atoms. The number of aryl methyl sites for hydroxylation is 2. The fraction of sp³-hybridized carbons (Fsp3) is 0.400. The molecule has 2 aromatic rings. The van der Waals surface area contributed by atoms with Gasteiger partial charge in [0.25, 0.3) is 0 Å². The van der Waals surface area contributed by atoms with Crippen molar-refractivity contribution in [1.29, 1.82) is 0 Å². The fourth-order valence-corrected chi connectivity index (χ4v) is 2.18. The zero-order valence-corrected chi connectivity index (χ0v) is 11.1. The number of nitrogens with two attached hydrogens (primary N) is 1. The van der Waals surface area contributed by atoms with Gasteiger partial charge >= 0.3 is 0 Å². The van der Waals surface area contributed by atoms with E-state index in [1.807, 2.05) is 11.6 Å². The maximum Gasteiger partial charge on any atom is 0.197 e. The van der Waals surface area contributed by atoms with E-state index in [-0.39, 0.29) is 0 Å². The Kier molecular flexibility index (Phi) is 4.11. The topological polar surface area (TPSA) is 94.5 Å². The molecule has 0 unspecified atom stereocenters. The van der Waals surface area contributed by atoms with Crippen molar-refractivity contribution in [3.63, 3.8) is 0 Å². The molecule has 0 aromatic carbocycles. The Morgan fingerprint density at radius 2 is 2.28 bits per heavy atom. The van der Waals surface area contributed by atoms with Gasteiger partial charge in [0.1, 0.15) is 23.0 Å². The van der Waals surface area contributed by atoms with Crippen LogP contribution in [0.1, 0.15) is 19.2 Å². The van der Waals surface area contributed by atoms with E-state index in [0.29, 0.717) is 5.82 Å². The molecule has 2 rings (SSSR count). The zero-order valence-electron chi connectivity index (χ0n) is 10.3. The molecule has 0 amide bonds. The van der Waals surface area contributed by atoms with E-state index in [9.17, 15) is 0 Å². The summed E-state index contributed by atoms with van der Waals surface area (Å²) in [6, 6.07) is 1.79. The molecule has 0 aliphatic carbocycles. The third-order valence-electron chi connectivity index (χ3n) is 2.24. The van der Waals surface area contributed by atoms with Crippen LogP contribution >= 0.6 is 11.8 Å². The van der Waals surface area contributed by atoms with Gasteiger partial charge in [0.15, 0.2) is 5.16 Å². The first-order valence-corrected chi connectivity index (χ1v) is 6.41. The van der Waals surface area contributed by atoms with Gasteiger partial charge in [-0.3, -0.25) is 0 Å². The number of hydrazine groups is 1. The van der Waals surface area contributed by atoms with Gasteiger partial charge in [-0.2, -0.15) is 0 Å². The van der Waals surface area contributed by atoms with E-state index in [1.165, 1.54) is 11.8 Å². The number of hydrogen-bond acceptors (Lipinski definition) is 7. The van der Waals surface area contributed by atoms with E-state index in [4.69, 9.17) is 5.84 Å². The average Bonchev–Trinajstić information content (AvgIpc) is 2.75. The van der Waals surface area contributed by atoms with E-state index in [0.717, 1.165) is 28.8 Å². The molecule has 0 radical (unpaired) electrons. The van der Waals surface area contributed by atoms with Crippen molar-refractivity contribution in [3.8, 4) is 0 Å². The normalized spacial score (nSPS) is 10.6. The molecular weight excluding hydrogens is 250 g/mol. The lowest BCUT2D eigenvalue weighted by Crippen LogP contribution is -2.10. The number of nitrogens with zero attached hydrogens (tertiary/aromatic N) is 5. The van der Waals surface area contributed by atoms with Crippen LogP contribution in [0.4, 0.5) is 5.82 Å². The maximum absolute atomic E-state index is 5.40. The molecule has 7 nitrogen and oxygen atoms in total. The van der Waals surface area contributed by atoms with Crippen LogP contribution in [0.3, 0.4) is 0 Å². The van der Waals surface area contributed by atoms with Crippen LogP contribution in [0.15, 0.2) is 22.6 Å². The Balaban J connectivity index is 2.26.